The molecule has 10 nitrogen and oxygen atoms in total. The first-order valence-corrected chi connectivity index (χ1v) is 7.45. The average molecular weight is 344 g/mol. The number of rotatable bonds is 4. The molecule has 10 heteroatoms. The summed E-state index contributed by atoms with van der Waals surface area (Å²) in [5, 5.41) is 18.9. The Hall–Kier alpha value is -3.43. The molecule has 0 saturated carbocycles. The van der Waals surface area contributed by atoms with Crippen LogP contribution in [0, 0.1) is 10.1 Å². The van der Waals surface area contributed by atoms with Crippen LogP contribution in [-0.4, -0.2) is 64.4 Å². The molecule has 0 bridgehead atoms. The summed E-state index contributed by atoms with van der Waals surface area (Å²) in [6.45, 7) is 0. The fraction of sp³-hybridized carbons (Fsp3) is 0.267. The van der Waals surface area contributed by atoms with Gasteiger partial charge in [0.15, 0.2) is 6.17 Å². The number of urea groups is 2. The predicted octanol–water partition coefficient (Wildman–Crippen LogP) is 1.27. The van der Waals surface area contributed by atoms with Crippen LogP contribution < -0.4 is 5.32 Å². The predicted molar refractivity (Wildman–Crippen MR) is 89.5 cm³/mol. The molecule has 0 spiro atoms. The summed E-state index contributed by atoms with van der Waals surface area (Å²) in [6, 6.07) is 5.66. The van der Waals surface area contributed by atoms with Gasteiger partial charge >= 0.3 is 12.1 Å². The molecule has 0 radical (unpaired) electrons. The van der Waals surface area contributed by atoms with E-state index in [1.54, 1.807) is 32.3 Å². The molecule has 2 unspecified atom stereocenters. The van der Waals surface area contributed by atoms with Gasteiger partial charge < -0.3 is 15.1 Å². The molecular weight excluding hydrogens is 328 g/mol. The monoisotopic (exact) mass is 344 g/mol. The number of hydrogen-bond donors (Lipinski definition) is 1. The number of likely N-dealkylation sites (N-methyl/N-ethyl adjacent to an activating group) is 2. The number of nitro groups is 1. The lowest BCUT2D eigenvalue weighted by Crippen LogP contribution is -2.41. The molecule has 3 rings (SSSR count). The van der Waals surface area contributed by atoms with Crippen LogP contribution in [0.4, 0.5) is 15.3 Å². The van der Waals surface area contributed by atoms with Gasteiger partial charge in [0.1, 0.15) is 6.17 Å². The lowest BCUT2D eigenvalue weighted by atomic mass is 10.2. The highest BCUT2D eigenvalue weighted by molar-refractivity contribution is 5.86. The van der Waals surface area contributed by atoms with E-state index in [-0.39, 0.29) is 11.7 Å². The molecular formula is C15H16N6O4. The summed E-state index contributed by atoms with van der Waals surface area (Å²) in [6.07, 6.45) is 3.38. The number of carbonyl (C=O) groups is 2. The van der Waals surface area contributed by atoms with E-state index < -0.39 is 23.3 Å². The largest absolute Gasteiger partial charge is 0.341 e. The number of allylic oxidation sites excluding steroid dienone is 1. The van der Waals surface area contributed by atoms with E-state index in [9.17, 15) is 19.7 Å². The van der Waals surface area contributed by atoms with Crippen molar-refractivity contribution in [2.24, 2.45) is 5.10 Å². The summed E-state index contributed by atoms with van der Waals surface area (Å²) in [4.78, 5) is 37.3. The second kappa shape index (κ2) is 6.23. The number of nitrogens with one attached hydrogen (secondary N) is 1. The Morgan fingerprint density at radius 2 is 1.96 bits per heavy atom. The summed E-state index contributed by atoms with van der Waals surface area (Å²) >= 11 is 0. The van der Waals surface area contributed by atoms with Gasteiger partial charge in [-0.3, -0.25) is 10.1 Å². The Labute approximate surface area is 143 Å². The lowest BCUT2D eigenvalue weighted by Gasteiger charge is -2.21. The number of carbonyl (C=O) groups excluding carboxylic acids is 2. The minimum Gasteiger partial charge on any atom is -0.312 e. The zero-order valence-corrected chi connectivity index (χ0v) is 13.6. The van der Waals surface area contributed by atoms with Crippen LogP contribution >= 0.6 is 0 Å². The van der Waals surface area contributed by atoms with Crippen molar-refractivity contribution in [2.75, 3.05) is 14.1 Å². The normalized spacial score (nSPS) is 23.0. The van der Waals surface area contributed by atoms with E-state index >= 15 is 0 Å². The number of benzene rings is 1. The third kappa shape index (κ3) is 2.77. The maximum absolute atomic E-state index is 12.0. The van der Waals surface area contributed by atoms with Gasteiger partial charge in [-0.05, 0) is 18.2 Å². The van der Waals surface area contributed by atoms with Gasteiger partial charge in [-0.1, -0.05) is 12.1 Å². The van der Waals surface area contributed by atoms with E-state index in [1.165, 1.54) is 39.2 Å². The molecule has 25 heavy (non-hydrogen) atoms. The number of nitrogens with zero attached hydrogens (tertiary/aromatic N) is 5. The Bertz CT molecular complexity index is 792. The summed E-state index contributed by atoms with van der Waals surface area (Å²) in [5.41, 5.74) is 0.407. The highest BCUT2D eigenvalue weighted by Crippen LogP contribution is 2.26. The maximum Gasteiger partial charge on any atom is 0.341 e. The minimum atomic E-state index is -0.541. The number of hydrogen-bond acceptors (Lipinski definition) is 5. The van der Waals surface area contributed by atoms with Crippen molar-refractivity contribution in [1.29, 1.82) is 0 Å². The number of amides is 4. The van der Waals surface area contributed by atoms with Gasteiger partial charge in [0, 0.05) is 26.4 Å². The van der Waals surface area contributed by atoms with Crippen molar-refractivity contribution >= 4 is 30.0 Å². The molecule has 1 N–H and O–H groups in total. The first-order valence-electron chi connectivity index (χ1n) is 7.45. The van der Waals surface area contributed by atoms with E-state index in [4.69, 9.17) is 0 Å². The summed E-state index contributed by atoms with van der Waals surface area (Å²) < 4.78 is 0. The Morgan fingerprint density at radius 1 is 1.24 bits per heavy atom. The van der Waals surface area contributed by atoms with Crippen molar-refractivity contribution in [2.45, 2.75) is 12.3 Å². The number of fused-ring (bicyclic) bond motifs is 1. The van der Waals surface area contributed by atoms with Gasteiger partial charge in [-0.15, -0.1) is 0 Å². The van der Waals surface area contributed by atoms with E-state index in [1.807, 2.05) is 0 Å². The molecule has 2 aliphatic heterocycles. The van der Waals surface area contributed by atoms with Crippen LogP contribution in [0.5, 0.6) is 0 Å². The van der Waals surface area contributed by atoms with Crippen molar-refractivity contribution < 1.29 is 14.5 Å². The van der Waals surface area contributed by atoms with Gasteiger partial charge in [0.05, 0.1) is 10.5 Å². The van der Waals surface area contributed by atoms with Gasteiger partial charge in [-0.25, -0.2) is 9.59 Å². The quantitative estimate of drug-likeness (QED) is 0.503. The van der Waals surface area contributed by atoms with Crippen LogP contribution in [-0.2, 0) is 0 Å². The molecule has 2 aliphatic rings. The van der Waals surface area contributed by atoms with Gasteiger partial charge in [-0.2, -0.15) is 10.1 Å². The first kappa shape index (κ1) is 16.4. The molecule has 2 saturated heterocycles. The molecule has 2 atom stereocenters. The summed E-state index contributed by atoms with van der Waals surface area (Å²) in [7, 11) is 3.20. The Balaban J connectivity index is 1.75. The standard InChI is InChI=1S/C15H16N6O4/c1-18-12-13(19(2)15(18)23)20(14(22)17-12)16-9-5-7-10-6-3-4-8-11(10)21(24)25/h3-9,12-13H,1-2H3,(H,17,22)/b7-5+,16-9+. The van der Waals surface area contributed by atoms with E-state index in [2.05, 4.69) is 10.4 Å². The van der Waals surface area contributed by atoms with Crippen LogP contribution in [0.3, 0.4) is 0 Å². The van der Waals surface area contributed by atoms with Gasteiger partial charge in [0.25, 0.3) is 5.69 Å². The molecule has 4 amide bonds. The van der Waals surface area contributed by atoms with Crippen molar-refractivity contribution in [1.82, 2.24) is 20.1 Å². The Kier molecular flexibility index (Phi) is 4.09. The molecule has 0 aromatic heterocycles. The zero-order valence-electron chi connectivity index (χ0n) is 13.6. The average Bonchev–Trinajstić information content (AvgIpc) is 3.02. The molecule has 130 valence electrons. The SMILES string of the molecule is CN1C(=O)N(C)C2C1NC(=O)N2/N=C/C=C/c1ccccc1[N+](=O)[O-]. The van der Waals surface area contributed by atoms with E-state index in [0.29, 0.717) is 5.56 Å². The molecule has 1 aromatic carbocycles. The molecule has 0 aliphatic carbocycles. The van der Waals surface area contributed by atoms with Crippen molar-refractivity contribution in [3.05, 3.63) is 46.0 Å². The topological polar surface area (TPSA) is 111 Å². The number of nitro benzene ring substituents is 1. The fourth-order valence-electron chi connectivity index (χ4n) is 2.85. The Morgan fingerprint density at radius 3 is 2.68 bits per heavy atom. The highest BCUT2D eigenvalue weighted by atomic mass is 16.6. The smallest absolute Gasteiger partial charge is 0.312 e. The third-order valence-corrected chi connectivity index (χ3v) is 4.12. The maximum atomic E-state index is 12.0. The zero-order chi connectivity index (χ0) is 18.1. The second-order valence-corrected chi connectivity index (χ2v) is 5.60. The minimum absolute atomic E-state index is 0.0196. The number of para-hydroxylation sites is 1. The van der Waals surface area contributed by atoms with Crippen LogP contribution in [0.25, 0.3) is 6.08 Å². The van der Waals surface area contributed by atoms with Gasteiger partial charge in [0.2, 0.25) is 0 Å². The van der Waals surface area contributed by atoms with Crippen molar-refractivity contribution in [3.8, 4) is 0 Å². The van der Waals surface area contributed by atoms with Crippen LogP contribution in [0.1, 0.15) is 5.56 Å². The van der Waals surface area contributed by atoms with Crippen LogP contribution in [0.15, 0.2) is 35.4 Å². The molecule has 2 fully saturated rings. The fourth-order valence-corrected chi connectivity index (χ4v) is 2.85. The third-order valence-electron chi connectivity index (χ3n) is 4.12. The molecule has 2 heterocycles. The van der Waals surface area contributed by atoms with E-state index in [0.717, 1.165) is 0 Å². The van der Waals surface area contributed by atoms with Crippen LogP contribution in [0.2, 0.25) is 0 Å². The highest BCUT2D eigenvalue weighted by Gasteiger charge is 2.52. The second-order valence-electron chi connectivity index (χ2n) is 5.60. The first-order chi connectivity index (χ1) is 11.9. The summed E-state index contributed by atoms with van der Waals surface area (Å²) in [5.74, 6) is 0. The number of hydrazone groups is 1. The van der Waals surface area contributed by atoms with Crippen molar-refractivity contribution in [3.63, 3.8) is 0 Å². The lowest BCUT2D eigenvalue weighted by molar-refractivity contribution is -0.385. The molecule has 1 aromatic rings.